The lowest BCUT2D eigenvalue weighted by Crippen LogP contribution is -2.30. The molecule has 0 aromatic carbocycles. The van der Waals surface area contributed by atoms with Crippen LogP contribution in [0.1, 0.15) is 9.67 Å². The molecule has 0 amide bonds. The van der Waals surface area contributed by atoms with Gasteiger partial charge in [-0.15, -0.1) is 11.3 Å². The summed E-state index contributed by atoms with van der Waals surface area (Å²) >= 11 is 1.09. The summed E-state index contributed by atoms with van der Waals surface area (Å²) in [5, 5.41) is 11.6. The first-order valence-electron chi connectivity index (χ1n) is 2.51. The Morgan fingerprint density at radius 3 is 2.60 bits per heavy atom. The zero-order valence-corrected chi connectivity index (χ0v) is 5.68. The zero-order valence-electron chi connectivity index (χ0n) is 4.87. The van der Waals surface area contributed by atoms with Crippen LogP contribution in [0.25, 0.3) is 0 Å². The van der Waals surface area contributed by atoms with Gasteiger partial charge in [-0.1, -0.05) is 6.07 Å². The maximum atomic E-state index is 10.6. The molecule has 0 fully saturated rings. The Balaban J connectivity index is 2.88. The molecule has 0 atom stereocenters. The Morgan fingerprint density at radius 2 is 2.20 bits per heavy atom. The molecule has 0 aliphatic rings. The van der Waals surface area contributed by atoms with E-state index in [1.807, 2.05) is 0 Å². The van der Waals surface area contributed by atoms with Gasteiger partial charge >= 0.3 is 0 Å². The van der Waals surface area contributed by atoms with Crippen LogP contribution in [0.15, 0.2) is 17.5 Å². The molecule has 0 radical (unpaired) electrons. The molecular weight excluding hydrogens is 152 g/mol. The fourth-order valence-corrected chi connectivity index (χ4v) is 1.16. The molecular formula is C6H3O3S-. The Hall–Kier alpha value is -1.16. The Kier molecular flexibility index (Phi) is 1.82. The topological polar surface area (TPSA) is 57.2 Å². The van der Waals surface area contributed by atoms with Gasteiger partial charge in [0.2, 0.25) is 5.78 Å². The lowest BCUT2D eigenvalue weighted by Gasteiger charge is -1.94. The maximum Gasteiger partial charge on any atom is 0.218 e. The first-order chi connectivity index (χ1) is 4.72. The molecule has 0 N–H and O–H groups in total. The summed E-state index contributed by atoms with van der Waals surface area (Å²) < 4.78 is 0. The van der Waals surface area contributed by atoms with E-state index in [0.29, 0.717) is 0 Å². The number of Topliss-reactive ketones (excluding diaryl/α,β-unsaturated/α-hetero) is 1. The van der Waals surface area contributed by atoms with Crippen LogP contribution in [-0.4, -0.2) is 11.8 Å². The molecule has 3 nitrogen and oxygen atoms in total. The molecule has 0 aliphatic heterocycles. The number of ketones is 1. The van der Waals surface area contributed by atoms with Crippen LogP contribution in [0.4, 0.5) is 0 Å². The SMILES string of the molecule is O=C([O-])C(=O)c1cccs1. The van der Waals surface area contributed by atoms with E-state index in [1.54, 1.807) is 11.4 Å². The highest BCUT2D eigenvalue weighted by molar-refractivity contribution is 7.12. The minimum absolute atomic E-state index is 0.208. The van der Waals surface area contributed by atoms with Crippen molar-refractivity contribution >= 4 is 23.1 Å². The molecule has 1 aromatic heterocycles. The van der Waals surface area contributed by atoms with Crippen LogP contribution < -0.4 is 5.11 Å². The van der Waals surface area contributed by atoms with Gasteiger partial charge in [-0.2, -0.15) is 0 Å². The summed E-state index contributed by atoms with van der Waals surface area (Å²) in [5.41, 5.74) is 0. The number of carbonyl (C=O) groups excluding carboxylic acids is 2. The number of thiophene rings is 1. The van der Waals surface area contributed by atoms with Crippen LogP contribution in [0, 0.1) is 0 Å². The fraction of sp³-hybridized carbons (Fsp3) is 0. The van der Waals surface area contributed by atoms with Gasteiger partial charge in [0.1, 0.15) is 5.97 Å². The van der Waals surface area contributed by atoms with Gasteiger partial charge in [-0.3, -0.25) is 4.79 Å². The smallest absolute Gasteiger partial charge is 0.218 e. The van der Waals surface area contributed by atoms with Crippen LogP contribution in [0.2, 0.25) is 0 Å². The average molecular weight is 155 g/mol. The van der Waals surface area contributed by atoms with Gasteiger partial charge in [0, 0.05) is 0 Å². The molecule has 0 saturated heterocycles. The number of hydrogen-bond donors (Lipinski definition) is 0. The predicted molar refractivity (Wildman–Crippen MR) is 33.7 cm³/mol. The first kappa shape index (κ1) is 6.95. The van der Waals surface area contributed by atoms with Crippen LogP contribution in [0.3, 0.4) is 0 Å². The lowest BCUT2D eigenvalue weighted by atomic mass is 10.3. The quantitative estimate of drug-likeness (QED) is 0.434. The van der Waals surface area contributed by atoms with Crippen molar-refractivity contribution in [1.82, 2.24) is 0 Å². The summed E-state index contributed by atoms with van der Waals surface area (Å²) in [6.07, 6.45) is 0. The normalized spacial score (nSPS) is 9.20. The van der Waals surface area contributed by atoms with Gasteiger partial charge in [0.15, 0.2) is 0 Å². The number of carboxylic acids is 1. The molecule has 0 spiro atoms. The van der Waals surface area contributed by atoms with E-state index in [9.17, 15) is 14.7 Å². The first-order valence-corrected chi connectivity index (χ1v) is 3.39. The van der Waals surface area contributed by atoms with Crippen molar-refractivity contribution in [3.63, 3.8) is 0 Å². The molecule has 0 bridgehead atoms. The highest BCUT2D eigenvalue weighted by Gasteiger charge is 2.05. The molecule has 1 heterocycles. The Labute approximate surface area is 60.9 Å². The van der Waals surface area contributed by atoms with Crippen molar-refractivity contribution in [3.05, 3.63) is 22.4 Å². The minimum Gasteiger partial charge on any atom is -0.541 e. The third kappa shape index (κ3) is 1.22. The van der Waals surface area contributed by atoms with Gasteiger partial charge in [0.25, 0.3) is 0 Å². The third-order valence-electron chi connectivity index (χ3n) is 0.930. The van der Waals surface area contributed by atoms with Crippen molar-refractivity contribution in [3.8, 4) is 0 Å². The molecule has 1 rings (SSSR count). The molecule has 52 valence electrons. The second kappa shape index (κ2) is 2.62. The van der Waals surface area contributed by atoms with Crippen LogP contribution in [-0.2, 0) is 4.79 Å². The minimum atomic E-state index is -1.65. The number of hydrogen-bond acceptors (Lipinski definition) is 4. The summed E-state index contributed by atoms with van der Waals surface area (Å²) in [6.45, 7) is 0. The van der Waals surface area contributed by atoms with Crippen molar-refractivity contribution in [1.29, 1.82) is 0 Å². The standard InChI is InChI=1S/C6H4O3S/c7-5(6(8)9)4-2-1-3-10-4/h1-3H,(H,8,9)/p-1. The second-order valence-corrected chi connectivity index (χ2v) is 2.54. The van der Waals surface area contributed by atoms with E-state index in [0.717, 1.165) is 11.3 Å². The number of aliphatic carboxylic acids is 1. The van der Waals surface area contributed by atoms with E-state index in [-0.39, 0.29) is 4.88 Å². The summed E-state index contributed by atoms with van der Waals surface area (Å²) in [6, 6.07) is 3.06. The van der Waals surface area contributed by atoms with Gasteiger partial charge < -0.3 is 9.90 Å². The number of carboxylic acid groups (broad SMARTS) is 1. The van der Waals surface area contributed by atoms with Crippen molar-refractivity contribution in [2.75, 3.05) is 0 Å². The molecule has 0 aliphatic carbocycles. The van der Waals surface area contributed by atoms with E-state index in [1.165, 1.54) is 6.07 Å². The van der Waals surface area contributed by atoms with Crippen LogP contribution >= 0.6 is 11.3 Å². The lowest BCUT2D eigenvalue weighted by molar-refractivity contribution is -0.296. The van der Waals surface area contributed by atoms with Crippen LogP contribution in [0.5, 0.6) is 0 Å². The number of rotatable bonds is 2. The van der Waals surface area contributed by atoms with E-state index < -0.39 is 11.8 Å². The van der Waals surface area contributed by atoms with Crippen molar-refractivity contribution < 1.29 is 14.7 Å². The highest BCUT2D eigenvalue weighted by Crippen LogP contribution is 2.08. The average Bonchev–Trinajstić information content (AvgIpc) is 2.36. The molecule has 4 heteroatoms. The summed E-state index contributed by atoms with van der Waals surface area (Å²) in [4.78, 5) is 20.7. The van der Waals surface area contributed by atoms with E-state index in [2.05, 4.69) is 0 Å². The predicted octanol–water partition coefficient (Wildman–Crippen LogP) is -0.319. The van der Waals surface area contributed by atoms with Gasteiger partial charge in [-0.25, -0.2) is 0 Å². The molecule has 0 saturated carbocycles. The maximum absolute atomic E-state index is 10.6. The van der Waals surface area contributed by atoms with Gasteiger partial charge in [0.05, 0.1) is 4.88 Å². The summed E-state index contributed by atoms with van der Waals surface area (Å²) in [5.74, 6) is -2.60. The zero-order chi connectivity index (χ0) is 7.56. The highest BCUT2D eigenvalue weighted by atomic mass is 32.1. The third-order valence-corrected chi connectivity index (χ3v) is 1.80. The largest absolute Gasteiger partial charge is 0.541 e. The van der Waals surface area contributed by atoms with Crippen molar-refractivity contribution in [2.24, 2.45) is 0 Å². The monoisotopic (exact) mass is 155 g/mol. The van der Waals surface area contributed by atoms with E-state index >= 15 is 0 Å². The molecule has 10 heavy (non-hydrogen) atoms. The number of carbonyl (C=O) groups is 2. The molecule has 1 aromatic rings. The molecule has 0 unspecified atom stereocenters. The Bertz CT molecular complexity index is 250. The Morgan fingerprint density at radius 1 is 1.50 bits per heavy atom. The fourth-order valence-electron chi connectivity index (χ4n) is 0.508. The van der Waals surface area contributed by atoms with Crippen molar-refractivity contribution in [2.45, 2.75) is 0 Å². The van der Waals surface area contributed by atoms with E-state index in [4.69, 9.17) is 0 Å². The summed E-state index contributed by atoms with van der Waals surface area (Å²) in [7, 11) is 0. The second-order valence-electron chi connectivity index (χ2n) is 1.59. The van der Waals surface area contributed by atoms with Gasteiger partial charge in [-0.05, 0) is 11.4 Å².